The molecule has 0 radical (unpaired) electrons. The van der Waals surface area contributed by atoms with Crippen LogP contribution in [0.5, 0.6) is 11.5 Å². The molecule has 0 atom stereocenters. The summed E-state index contributed by atoms with van der Waals surface area (Å²) in [5.74, 6) is 2.34. The van der Waals surface area contributed by atoms with Crippen LogP contribution in [0.15, 0.2) is 140 Å². The summed E-state index contributed by atoms with van der Waals surface area (Å²) in [7, 11) is 0. The largest absolute Gasteiger partial charge is 0.457 e. The maximum atomic E-state index is 6.44. The smallest absolute Gasteiger partial charge is 0.139 e. The highest BCUT2D eigenvalue weighted by atomic mass is 16.5. The Morgan fingerprint density at radius 1 is 0.522 bits per heavy atom. The van der Waals surface area contributed by atoms with Gasteiger partial charge in [0.15, 0.2) is 0 Å². The first-order valence-electron chi connectivity index (χ1n) is 15.4. The zero-order valence-electron chi connectivity index (χ0n) is 25.4. The second kappa shape index (κ2) is 10.2. The molecule has 0 unspecified atom stereocenters. The summed E-state index contributed by atoms with van der Waals surface area (Å²) in [6.45, 7) is 4.38. The van der Waals surface area contributed by atoms with Gasteiger partial charge in [-0.15, -0.1) is 0 Å². The molecule has 6 nitrogen and oxygen atoms in total. The summed E-state index contributed by atoms with van der Waals surface area (Å²) in [5, 5.41) is 9.19. The molecule has 0 spiro atoms. The number of hydrogen-bond acceptors (Lipinski definition) is 3. The Kier molecular flexibility index (Phi) is 5.83. The summed E-state index contributed by atoms with van der Waals surface area (Å²) < 4.78 is 12.9. The number of hydrogen-bond donors (Lipinski definition) is 0. The van der Waals surface area contributed by atoms with E-state index in [9.17, 15) is 0 Å². The molecule has 0 aliphatic carbocycles. The van der Waals surface area contributed by atoms with Crippen molar-refractivity contribution in [3.05, 3.63) is 151 Å². The van der Waals surface area contributed by atoms with Crippen molar-refractivity contribution >= 4 is 43.6 Å². The van der Waals surface area contributed by atoms with E-state index in [-0.39, 0.29) is 0 Å². The minimum absolute atomic E-state index is 0.743. The minimum atomic E-state index is 0.743. The maximum absolute atomic E-state index is 6.44. The van der Waals surface area contributed by atoms with E-state index in [1.807, 2.05) is 53.5 Å². The van der Waals surface area contributed by atoms with Crippen LogP contribution in [0.2, 0.25) is 0 Å². The minimum Gasteiger partial charge on any atom is -0.457 e. The molecule has 46 heavy (non-hydrogen) atoms. The highest BCUT2D eigenvalue weighted by molar-refractivity contribution is 6.12. The van der Waals surface area contributed by atoms with Crippen LogP contribution in [-0.2, 0) is 0 Å². The molecule has 0 aliphatic rings. The van der Waals surface area contributed by atoms with Gasteiger partial charge in [-0.05, 0) is 67.4 Å². The number of para-hydroxylation sites is 3. The van der Waals surface area contributed by atoms with Crippen molar-refractivity contribution in [3.63, 3.8) is 0 Å². The Morgan fingerprint density at radius 2 is 1.24 bits per heavy atom. The number of aryl methyl sites for hydroxylation is 2. The molecular weight excluding hydrogens is 566 g/mol. The van der Waals surface area contributed by atoms with Crippen LogP contribution in [0.3, 0.4) is 0 Å². The van der Waals surface area contributed by atoms with Crippen molar-refractivity contribution in [2.45, 2.75) is 13.8 Å². The van der Waals surface area contributed by atoms with E-state index in [4.69, 9.17) is 9.72 Å². The van der Waals surface area contributed by atoms with Crippen molar-refractivity contribution in [1.29, 1.82) is 0 Å². The van der Waals surface area contributed by atoms with Crippen molar-refractivity contribution in [1.82, 2.24) is 23.9 Å². The number of benzene rings is 5. The summed E-state index contributed by atoms with van der Waals surface area (Å²) >= 11 is 0. The topological polar surface area (TPSA) is 49.8 Å². The molecule has 220 valence electrons. The van der Waals surface area contributed by atoms with Crippen molar-refractivity contribution in [3.8, 4) is 28.7 Å². The summed E-state index contributed by atoms with van der Waals surface area (Å²) in [6.07, 6.45) is 5.61. The van der Waals surface area contributed by atoms with Gasteiger partial charge in [0.2, 0.25) is 0 Å². The molecule has 9 aromatic rings. The van der Waals surface area contributed by atoms with Gasteiger partial charge in [-0.2, -0.15) is 5.10 Å². The summed E-state index contributed by atoms with van der Waals surface area (Å²) in [5.41, 5.74) is 9.05. The Balaban J connectivity index is 1.23. The monoisotopic (exact) mass is 595 g/mol. The second-order valence-corrected chi connectivity index (χ2v) is 11.7. The highest BCUT2D eigenvalue weighted by Gasteiger charge is 2.18. The second-order valence-electron chi connectivity index (χ2n) is 11.7. The van der Waals surface area contributed by atoms with Gasteiger partial charge in [0.25, 0.3) is 0 Å². The molecule has 0 aliphatic heterocycles. The van der Waals surface area contributed by atoms with Crippen LogP contribution in [0.4, 0.5) is 0 Å². The Morgan fingerprint density at radius 3 is 2.02 bits per heavy atom. The van der Waals surface area contributed by atoms with Gasteiger partial charge in [0.05, 0.1) is 33.4 Å². The zero-order chi connectivity index (χ0) is 30.8. The SMILES string of the molecule is Cc1cccc2c3cccc(C)c3n(-c3ccnc(-n4c5ccccc5c5ccc(Oc6cccc(-n7cccn7)c6)cc54)c3)c12. The third-order valence-electron chi connectivity index (χ3n) is 8.90. The molecule has 9 rings (SSSR count). The fraction of sp³-hybridized carbons (Fsp3) is 0.0500. The fourth-order valence-electron chi connectivity index (χ4n) is 6.89. The number of pyridine rings is 1. The van der Waals surface area contributed by atoms with E-state index < -0.39 is 0 Å². The van der Waals surface area contributed by atoms with Gasteiger partial charge in [-0.1, -0.05) is 60.7 Å². The van der Waals surface area contributed by atoms with Gasteiger partial charge >= 0.3 is 0 Å². The molecule has 0 amide bonds. The van der Waals surface area contributed by atoms with Gasteiger partial charge < -0.3 is 9.30 Å². The van der Waals surface area contributed by atoms with E-state index in [0.717, 1.165) is 45.1 Å². The summed E-state index contributed by atoms with van der Waals surface area (Å²) in [4.78, 5) is 4.95. The summed E-state index contributed by atoms with van der Waals surface area (Å²) in [6, 6.07) is 42.1. The molecule has 6 heteroatoms. The number of ether oxygens (including phenoxy) is 1. The molecule has 4 heterocycles. The van der Waals surface area contributed by atoms with E-state index in [1.54, 1.807) is 6.20 Å². The first-order chi connectivity index (χ1) is 22.6. The van der Waals surface area contributed by atoms with Gasteiger partial charge in [0.1, 0.15) is 17.3 Å². The van der Waals surface area contributed by atoms with Gasteiger partial charge in [-0.3, -0.25) is 4.57 Å². The Labute approximate surface area is 265 Å². The molecule has 5 aromatic carbocycles. The quantitative estimate of drug-likeness (QED) is 0.199. The number of fused-ring (bicyclic) bond motifs is 6. The predicted molar refractivity (Wildman–Crippen MR) is 186 cm³/mol. The van der Waals surface area contributed by atoms with Crippen LogP contribution in [0, 0.1) is 13.8 Å². The van der Waals surface area contributed by atoms with Crippen LogP contribution in [-0.4, -0.2) is 23.9 Å². The van der Waals surface area contributed by atoms with Crippen LogP contribution in [0.25, 0.3) is 60.8 Å². The Hall–Kier alpha value is -6.14. The van der Waals surface area contributed by atoms with E-state index in [0.29, 0.717) is 0 Å². The number of rotatable bonds is 5. The van der Waals surface area contributed by atoms with Gasteiger partial charge in [0, 0.05) is 58.3 Å². The van der Waals surface area contributed by atoms with E-state index in [1.165, 1.54) is 38.3 Å². The number of nitrogens with zero attached hydrogens (tertiary/aromatic N) is 5. The van der Waals surface area contributed by atoms with Crippen LogP contribution < -0.4 is 4.74 Å². The standard InChI is InChI=1S/C40H29N5O/c1-26-9-5-14-34-35-15-6-10-27(2)40(35)44(39(26)34)29-19-21-41-38(24-29)45-36-16-4-3-13-32(36)33-18-17-31(25-37(33)45)46-30-12-7-11-28(23-30)43-22-8-20-42-43/h3-25H,1-2H3. The fourth-order valence-corrected chi connectivity index (χ4v) is 6.89. The molecule has 4 aromatic heterocycles. The third kappa shape index (κ3) is 4.04. The van der Waals surface area contributed by atoms with Crippen LogP contribution >= 0.6 is 0 Å². The zero-order valence-corrected chi connectivity index (χ0v) is 25.4. The van der Waals surface area contributed by atoms with E-state index in [2.05, 4.69) is 113 Å². The van der Waals surface area contributed by atoms with Crippen LogP contribution in [0.1, 0.15) is 11.1 Å². The lowest BCUT2D eigenvalue weighted by Crippen LogP contribution is -2.02. The molecular formula is C40H29N5O. The normalized spacial score (nSPS) is 11.7. The van der Waals surface area contributed by atoms with Crippen molar-refractivity contribution < 1.29 is 4.74 Å². The molecule has 0 bridgehead atoms. The molecule has 0 saturated heterocycles. The third-order valence-corrected chi connectivity index (χ3v) is 8.90. The molecule has 0 saturated carbocycles. The lowest BCUT2D eigenvalue weighted by Gasteiger charge is -2.14. The highest BCUT2D eigenvalue weighted by Crippen LogP contribution is 2.38. The van der Waals surface area contributed by atoms with Crippen molar-refractivity contribution in [2.24, 2.45) is 0 Å². The Bertz CT molecular complexity index is 2530. The lowest BCUT2D eigenvalue weighted by atomic mass is 10.1. The molecule has 0 fully saturated rings. The first kappa shape index (κ1) is 26.3. The molecule has 0 N–H and O–H groups in total. The van der Waals surface area contributed by atoms with E-state index >= 15 is 0 Å². The first-order valence-corrected chi connectivity index (χ1v) is 15.4. The van der Waals surface area contributed by atoms with Gasteiger partial charge in [-0.25, -0.2) is 9.67 Å². The predicted octanol–water partition coefficient (Wildman–Crippen LogP) is 9.87. The number of aromatic nitrogens is 5. The maximum Gasteiger partial charge on any atom is 0.139 e. The van der Waals surface area contributed by atoms with Crippen molar-refractivity contribution in [2.75, 3.05) is 0 Å². The average molecular weight is 596 g/mol. The average Bonchev–Trinajstić information content (AvgIpc) is 3.82. The lowest BCUT2D eigenvalue weighted by molar-refractivity contribution is 0.483.